The zero-order valence-electron chi connectivity index (χ0n) is 15.4. The second kappa shape index (κ2) is 7.43. The maximum atomic E-state index is 13.5. The summed E-state index contributed by atoms with van der Waals surface area (Å²) < 4.78 is 55.9. The normalized spacial score (nSPS) is 18.6. The van der Waals surface area contributed by atoms with Gasteiger partial charge in [0.25, 0.3) is 5.91 Å². The Morgan fingerprint density at radius 1 is 1.14 bits per heavy atom. The largest absolute Gasteiger partial charge is 0.319 e. The Kier molecular flexibility index (Phi) is 5.09. The van der Waals surface area contributed by atoms with Gasteiger partial charge in [-0.2, -0.15) is 9.30 Å². The molecule has 1 aliphatic rings. The van der Waals surface area contributed by atoms with Crippen LogP contribution >= 0.6 is 11.3 Å². The Morgan fingerprint density at radius 2 is 1.83 bits per heavy atom. The number of carbonyl (C=O) groups is 1. The first-order chi connectivity index (χ1) is 13.8. The van der Waals surface area contributed by atoms with Crippen molar-refractivity contribution >= 4 is 37.5 Å². The fourth-order valence-electron chi connectivity index (χ4n) is 3.40. The number of rotatable bonds is 3. The highest BCUT2D eigenvalue weighted by Gasteiger charge is 2.39. The minimum Gasteiger partial charge on any atom is -0.319 e. The van der Waals surface area contributed by atoms with E-state index in [1.165, 1.54) is 24.3 Å². The summed E-state index contributed by atoms with van der Waals surface area (Å²) >= 11 is 1.16. The monoisotopic (exact) mass is 437 g/mol. The van der Waals surface area contributed by atoms with E-state index in [0.717, 1.165) is 33.3 Å². The third-order valence-electron chi connectivity index (χ3n) is 4.89. The summed E-state index contributed by atoms with van der Waals surface area (Å²) in [6.07, 6.45) is 0.877. The first-order valence-electron chi connectivity index (χ1n) is 8.88. The minimum absolute atomic E-state index is 0.0681. The maximum Gasteiger partial charge on any atom is 0.266 e. The molecule has 0 saturated carbocycles. The van der Waals surface area contributed by atoms with Crippen molar-refractivity contribution in [3.8, 4) is 0 Å². The number of nitrogens with zero attached hydrogens (tertiary/aromatic N) is 3. The number of sulfonamides is 1. The second-order valence-corrected chi connectivity index (χ2v) is 9.63. The van der Waals surface area contributed by atoms with Crippen LogP contribution in [0.1, 0.15) is 12.8 Å². The van der Waals surface area contributed by atoms with Crippen molar-refractivity contribution in [3.63, 3.8) is 0 Å². The van der Waals surface area contributed by atoms with Crippen molar-refractivity contribution in [1.82, 2.24) is 8.87 Å². The predicted molar refractivity (Wildman–Crippen MR) is 105 cm³/mol. The van der Waals surface area contributed by atoms with Gasteiger partial charge in [-0.3, -0.25) is 4.79 Å². The lowest BCUT2D eigenvalue weighted by Gasteiger charge is -2.21. The Balaban J connectivity index is 1.69. The summed E-state index contributed by atoms with van der Waals surface area (Å²) in [6, 6.07) is 7.88. The van der Waals surface area contributed by atoms with Gasteiger partial charge in [-0.1, -0.05) is 11.3 Å². The molecule has 1 amide bonds. The maximum absolute atomic E-state index is 13.5. The lowest BCUT2D eigenvalue weighted by atomic mass is 10.2. The van der Waals surface area contributed by atoms with Crippen molar-refractivity contribution in [2.24, 2.45) is 12.0 Å². The molecule has 1 aromatic heterocycles. The smallest absolute Gasteiger partial charge is 0.266 e. The molecule has 3 aromatic rings. The summed E-state index contributed by atoms with van der Waals surface area (Å²) in [7, 11) is -2.24. The molecule has 0 aliphatic carbocycles. The Labute approximate surface area is 169 Å². The highest BCUT2D eigenvalue weighted by Crippen LogP contribution is 2.27. The fourth-order valence-corrected chi connectivity index (χ4v) is 6.10. The van der Waals surface area contributed by atoms with Crippen LogP contribution < -0.4 is 4.80 Å². The number of benzene rings is 2. The first-order valence-corrected chi connectivity index (χ1v) is 11.1. The van der Waals surface area contributed by atoms with Gasteiger partial charge >= 0.3 is 0 Å². The third kappa shape index (κ3) is 3.63. The number of aryl methyl sites for hydroxylation is 1. The molecule has 6 nitrogen and oxygen atoms in total. The van der Waals surface area contributed by atoms with Gasteiger partial charge in [0.2, 0.25) is 10.0 Å². The quantitative estimate of drug-likeness (QED) is 0.633. The SMILES string of the molecule is Cn1c(=NC(=O)C2CCCN2S(=O)(=O)c2ccc(F)cc2)sc2cc(F)ccc21. The van der Waals surface area contributed by atoms with Crippen LogP contribution in [0.3, 0.4) is 0 Å². The van der Waals surface area contributed by atoms with Crippen LogP contribution in [0.5, 0.6) is 0 Å². The predicted octanol–water partition coefficient (Wildman–Crippen LogP) is 2.80. The molecule has 2 aromatic carbocycles. The number of hydrogen-bond donors (Lipinski definition) is 0. The van der Waals surface area contributed by atoms with Gasteiger partial charge in [-0.15, -0.1) is 0 Å². The molecule has 1 fully saturated rings. The second-order valence-electron chi connectivity index (χ2n) is 6.73. The lowest BCUT2D eigenvalue weighted by molar-refractivity contribution is -0.121. The van der Waals surface area contributed by atoms with Gasteiger partial charge in [-0.25, -0.2) is 17.2 Å². The van der Waals surface area contributed by atoms with Crippen LogP contribution in [-0.4, -0.2) is 35.8 Å². The Hall–Kier alpha value is -2.43. The molecule has 1 saturated heterocycles. The van der Waals surface area contributed by atoms with Crippen LogP contribution in [-0.2, 0) is 21.9 Å². The van der Waals surface area contributed by atoms with E-state index in [1.54, 1.807) is 17.7 Å². The van der Waals surface area contributed by atoms with Gasteiger partial charge in [0.1, 0.15) is 17.7 Å². The van der Waals surface area contributed by atoms with Crippen LogP contribution in [0, 0.1) is 11.6 Å². The number of aromatic nitrogens is 1. The average molecular weight is 437 g/mol. The summed E-state index contributed by atoms with van der Waals surface area (Å²) in [5.74, 6) is -1.50. The fraction of sp³-hybridized carbons (Fsp3) is 0.263. The standard InChI is InChI=1S/C19H17F2N3O3S2/c1-23-15-9-6-13(21)11-17(15)28-19(23)22-18(25)16-3-2-10-24(16)29(26,27)14-7-4-12(20)5-8-14/h4-9,11,16H,2-3,10H2,1H3. The van der Waals surface area contributed by atoms with Gasteiger partial charge in [0.15, 0.2) is 4.80 Å². The molecular formula is C19H17F2N3O3S2. The van der Waals surface area contributed by atoms with E-state index < -0.39 is 27.8 Å². The zero-order chi connectivity index (χ0) is 20.8. The van der Waals surface area contributed by atoms with E-state index in [4.69, 9.17) is 0 Å². The van der Waals surface area contributed by atoms with Crippen molar-refractivity contribution in [3.05, 3.63) is 58.9 Å². The molecule has 29 heavy (non-hydrogen) atoms. The number of carbonyl (C=O) groups excluding carboxylic acids is 1. The van der Waals surface area contributed by atoms with E-state index in [0.29, 0.717) is 22.3 Å². The summed E-state index contributed by atoms with van der Waals surface area (Å²) in [4.78, 5) is 17.3. The molecule has 2 heterocycles. The van der Waals surface area contributed by atoms with Crippen molar-refractivity contribution < 1.29 is 22.0 Å². The van der Waals surface area contributed by atoms with E-state index in [-0.39, 0.29) is 17.3 Å². The van der Waals surface area contributed by atoms with Crippen molar-refractivity contribution in [2.75, 3.05) is 6.54 Å². The lowest BCUT2D eigenvalue weighted by Crippen LogP contribution is -2.40. The third-order valence-corrected chi connectivity index (χ3v) is 7.90. The molecule has 4 rings (SSSR count). The van der Waals surface area contributed by atoms with E-state index >= 15 is 0 Å². The van der Waals surface area contributed by atoms with E-state index in [1.807, 2.05) is 0 Å². The van der Waals surface area contributed by atoms with Gasteiger partial charge < -0.3 is 4.57 Å². The van der Waals surface area contributed by atoms with Gasteiger partial charge in [-0.05, 0) is 55.3 Å². The topological polar surface area (TPSA) is 71.7 Å². The summed E-state index contributed by atoms with van der Waals surface area (Å²) in [5.41, 5.74) is 0.727. The number of thiazole rings is 1. The molecule has 152 valence electrons. The minimum atomic E-state index is -3.95. The first kappa shape index (κ1) is 19.9. The zero-order valence-corrected chi connectivity index (χ0v) is 17.0. The molecule has 10 heteroatoms. The molecular weight excluding hydrogens is 420 g/mol. The highest BCUT2D eigenvalue weighted by atomic mass is 32.2. The Morgan fingerprint density at radius 3 is 2.55 bits per heavy atom. The highest BCUT2D eigenvalue weighted by molar-refractivity contribution is 7.89. The summed E-state index contributed by atoms with van der Waals surface area (Å²) in [6.45, 7) is 0.190. The molecule has 0 N–H and O–H groups in total. The molecule has 0 spiro atoms. The van der Waals surface area contributed by atoms with Crippen LogP contribution in [0.4, 0.5) is 8.78 Å². The van der Waals surface area contributed by atoms with Crippen molar-refractivity contribution in [2.45, 2.75) is 23.8 Å². The molecule has 1 atom stereocenters. The van der Waals surface area contributed by atoms with Crippen LogP contribution in [0.25, 0.3) is 10.2 Å². The van der Waals surface area contributed by atoms with Gasteiger partial charge in [0, 0.05) is 13.6 Å². The van der Waals surface area contributed by atoms with Crippen molar-refractivity contribution in [1.29, 1.82) is 0 Å². The van der Waals surface area contributed by atoms with Crippen LogP contribution in [0.15, 0.2) is 52.4 Å². The van der Waals surface area contributed by atoms with Crippen LogP contribution in [0.2, 0.25) is 0 Å². The molecule has 0 bridgehead atoms. The molecule has 1 unspecified atom stereocenters. The Bertz CT molecular complexity index is 1260. The number of amides is 1. The number of hydrogen-bond acceptors (Lipinski definition) is 4. The summed E-state index contributed by atoms with van der Waals surface area (Å²) in [5, 5.41) is 0. The number of fused-ring (bicyclic) bond motifs is 1. The number of halogens is 2. The molecule has 1 aliphatic heterocycles. The average Bonchev–Trinajstić information content (AvgIpc) is 3.28. The van der Waals surface area contributed by atoms with E-state index in [9.17, 15) is 22.0 Å². The molecule has 0 radical (unpaired) electrons. The van der Waals surface area contributed by atoms with E-state index in [2.05, 4.69) is 4.99 Å². The van der Waals surface area contributed by atoms with Gasteiger partial charge in [0.05, 0.1) is 15.1 Å².